The van der Waals surface area contributed by atoms with E-state index in [2.05, 4.69) is 64.4 Å². The molecule has 0 bridgehead atoms. The summed E-state index contributed by atoms with van der Waals surface area (Å²) in [5, 5.41) is 7.22. The lowest BCUT2D eigenvalue weighted by molar-refractivity contribution is 0.265. The van der Waals surface area contributed by atoms with Crippen LogP contribution in [0.25, 0.3) is 0 Å². The molecule has 0 saturated carbocycles. The summed E-state index contributed by atoms with van der Waals surface area (Å²) in [6, 6.07) is 9.42. The molecule has 0 spiro atoms. The average molecular weight is 515 g/mol. The van der Waals surface area contributed by atoms with Crippen LogP contribution < -0.4 is 20.3 Å². The fourth-order valence-corrected chi connectivity index (χ4v) is 4.27. The van der Waals surface area contributed by atoms with E-state index >= 15 is 0 Å². The van der Waals surface area contributed by atoms with Crippen LogP contribution in [0, 0.1) is 11.8 Å². The van der Waals surface area contributed by atoms with Gasteiger partial charge in [-0.3, -0.25) is 9.89 Å². The van der Waals surface area contributed by atoms with Crippen LogP contribution in [0.3, 0.4) is 0 Å². The van der Waals surface area contributed by atoms with Crippen molar-refractivity contribution in [2.45, 2.75) is 39.3 Å². The van der Waals surface area contributed by atoms with E-state index in [1.165, 1.54) is 12.1 Å². The first-order valence-corrected chi connectivity index (χ1v) is 10.6. The molecule has 3 unspecified atom stereocenters. The Balaban J connectivity index is 0.00000300. The molecule has 2 saturated heterocycles. The number of rotatable bonds is 6. The minimum Gasteiger partial charge on any atom is -0.497 e. The van der Waals surface area contributed by atoms with Crippen molar-refractivity contribution in [2.75, 3.05) is 51.8 Å². The SMILES string of the molecule is CN=C(NCC1CCN(c2cccc(OC)c2)C1)NC1CN(C(C)C)CC1C.I. The maximum atomic E-state index is 5.36. The van der Waals surface area contributed by atoms with E-state index in [1.807, 2.05) is 13.1 Å². The Morgan fingerprint density at radius 3 is 2.72 bits per heavy atom. The Hall–Kier alpha value is -1.22. The monoisotopic (exact) mass is 515 g/mol. The number of nitrogens with one attached hydrogen (secondary N) is 2. The zero-order valence-corrected chi connectivity index (χ0v) is 20.8. The second-order valence-electron chi connectivity index (χ2n) is 8.53. The molecular formula is C22H38IN5O. The number of benzene rings is 1. The summed E-state index contributed by atoms with van der Waals surface area (Å²) in [4.78, 5) is 9.45. The Bertz CT molecular complexity index is 668. The van der Waals surface area contributed by atoms with Crippen molar-refractivity contribution >= 4 is 35.6 Å². The molecule has 2 aliphatic rings. The van der Waals surface area contributed by atoms with Crippen LogP contribution in [-0.4, -0.2) is 69.8 Å². The van der Waals surface area contributed by atoms with Crippen LogP contribution in [0.15, 0.2) is 29.3 Å². The average Bonchev–Trinajstić information content (AvgIpc) is 3.32. The van der Waals surface area contributed by atoms with Crippen molar-refractivity contribution in [1.29, 1.82) is 0 Å². The Kier molecular flexibility index (Phi) is 9.33. The fraction of sp³-hybridized carbons (Fsp3) is 0.682. The molecule has 3 atom stereocenters. The van der Waals surface area contributed by atoms with Crippen molar-refractivity contribution in [3.63, 3.8) is 0 Å². The summed E-state index contributed by atoms with van der Waals surface area (Å²) in [6.45, 7) is 12.2. The summed E-state index contributed by atoms with van der Waals surface area (Å²) in [5.74, 6) is 3.11. The van der Waals surface area contributed by atoms with Gasteiger partial charge in [0.05, 0.1) is 7.11 Å². The third-order valence-corrected chi connectivity index (χ3v) is 6.18. The van der Waals surface area contributed by atoms with Gasteiger partial charge in [-0.2, -0.15) is 0 Å². The predicted molar refractivity (Wildman–Crippen MR) is 133 cm³/mol. The minimum atomic E-state index is 0. The lowest BCUT2D eigenvalue weighted by atomic mass is 10.1. The van der Waals surface area contributed by atoms with Crippen LogP contribution in [0.5, 0.6) is 5.75 Å². The molecule has 2 N–H and O–H groups in total. The van der Waals surface area contributed by atoms with Gasteiger partial charge in [-0.05, 0) is 44.2 Å². The molecule has 6 nitrogen and oxygen atoms in total. The zero-order valence-electron chi connectivity index (χ0n) is 18.5. The van der Waals surface area contributed by atoms with Crippen molar-refractivity contribution in [3.8, 4) is 5.75 Å². The number of aliphatic imine (C=N–C) groups is 1. The Morgan fingerprint density at radius 2 is 2.07 bits per heavy atom. The molecule has 2 aliphatic heterocycles. The van der Waals surface area contributed by atoms with Gasteiger partial charge in [0.1, 0.15) is 5.75 Å². The van der Waals surface area contributed by atoms with E-state index in [0.29, 0.717) is 23.9 Å². The molecular weight excluding hydrogens is 477 g/mol. The number of likely N-dealkylation sites (tertiary alicyclic amines) is 1. The number of hydrogen-bond donors (Lipinski definition) is 2. The number of ether oxygens (including phenoxy) is 1. The van der Waals surface area contributed by atoms with Gasteiger partial charge in [0, 0.05) is 63.6 Å². The van der Waals surface area contributed by atoms with Crippen LogP contribution in [0.4, 0.5) is 5.69 Å². The highest BCUT2D eigenvalue weighted by molar-refractivity contribution is 14.0. The fourth-order valence-electron chi connectivity index (χ4n) is 4.27. The molecule has 7 heteroatoms. The number of hydrogen-bond acceptors (Lipinski definition) is 4. The Morgan fingerprint density at radius 1 is 1.28 bits per heavy atom. The lowest BCUT2D eigenvalue weighted by Crippen LogP contribution is -2.48. The molecule has 0 aromatic heterocycles. The first kappa shape index (κ1) is 24.1. The van der Waals surface area contributed by atoms with Gasteiger partial charge in [0.2, 0.25) is 0 Å². The van der Waals surface area contributed by atoms with E-state index in [0.717, 1.165) is 44.4 Å². The maximum absolute atomic E-state index is 5.36. The van der Waals surface area contributed by atoms with Gasteiger partial charge in [-0.15, -0.1) is 24.0 Å². The predicted octanol–water partition coefficient (Wildman–Crippen LogP) is 3.03. The number of halogens is 1. The van der Waals surface area contributed by atoms with E-state index in [-0.39, 0.29) is 24.0 Å². The largest absolute Gasteiger partial charge is 0.497 e. The minimum absolute atomic E-state index is 0. The van der Waals surface area contributed by atoms with E-state index in [1.54, 1.807) is 7.11 Å². The molecule has 0 radical (unpaired) electrons. The van der Waals surface area contributed by atoms with Crippen molar-refractivity contribution in [3.05, 3.63) is 24.3 Å². The maximum Gasteiger partial charge on any atom is 0.191 e. The standard InChI is InChI=1S/C22H37N5O.HI/c1-16(2)27-13-17(3)21(15-27)25-22(23-4)24-12-18-9-10-26(14-18)19-7-6-8-20(11-19)28-5;/h6-8,11,16-18,21H,9-10,12-15H2,1-5H3,(H2,23,24,25);1H. The number of anilines is 1. The molecule has 29 heavy (non-hydrogen) atoms. The first-order valence-electron chi connectivity index (χ1n) is 10.6. The molecule has 2 fully saturated rings. The number of methoxy groups -OCH3 is 1. The summed E-state index contributed by atoms with van der Waals surface area (Å²) in [7, 11) is 3.59. The summed E-state index contributed by atoms with van der Waals surface area (Å²) in [5.41, 5.74) is 1.25. The highest BCUT2D eigenvalue weighted by Gasteiger charge is 2.31. The van der Waals surface area contributed by atoms with Gasteiger partial charge in [0.15, 0.2) is 5.96 Å². The third kappa shape index (κ3) is 6.38. The zero-order chi connectivity index (χ0) is 20.1. The van der Waals surface area contributed by atoms with Crippen LogP contribution in [0.1, 0.15) is 27.2 Å². The lowest BCUT2D eigenvalue weighted by Gasteiger charge is -2.23. The molecule has 2 heterocycles. The van der Waals surface area contributed by atoms with Crippen molar-refractivity contribution in [2.24, 2.45) is 16.8 Å². The van der Waals surface area contributed by atoms with Gasteiger partial charge < -0.3 is 20.3 Å². The summed E-state index contributed by atoms with van der Waals surface area (Å²) in [6.07, 6.45) is 1.20. The van der Waals surface area contributed by atoms with Crippen molar-refractivity contribution in [1.82, 2.24) is 15.5 Å². The number of guanidine groups is 1. The van der Waals surface area contributed by atoms with Gasteiger partial charge in [-0.1, -0.05) is 13.0 Å². The smallest absolute Gasteiger partial charge is 0.191 e. The van der Waals surface area contributed by atoms with Gasteiger partial charge in [0.25, 0.3) is 0 Å². The molecule has 164 valence electrons. The summed E-state index contributed by atoms with van der Waals surface area (Å²) < 4.78 is 5.36. The molecule has 3 rings (SSSR count). The van der Waals surface area contributed by atoms with E-state index in [9.17, 15) is 0 Å². The summed E-state index contributed by atoms with van der Waals surface area (Å²) >= 11 is 0. The van der Waals surface area contributed by atoms with E-state index < -0.39 is 0 Å². The Labute approximate surface area is 193 Å². The second-order valence-corrected chi connectivity index (χ2v) is 8.53. The third-order valence-electron chi connectivity index (χ3n) is 6.18. The molecule has 0 aliphatic carbocycles. The van der Waals surface area contributed by atoms with Crippen LogP contribution >= 0.6 is 24.0 Å². The van der Waals surface area contributed by atoms with Crippen LogP contribution in [0.2, 0.25) is 0 Å². The first-order chi connectivity index (χ1) is 13.5. The van der Waals surface area contributed by atoms with E-state index in [4.69, 9.17) is 4.74 Å². The van der Waals surface area contributed by atoms with Crippen LogP contribution in [-0.2, 0) is 0 Å². The number of nitrogens with zero attached hydrogens (tertiary/aromatic N) is 3. The highest BCUT2D eigenvalue weighted by atomic mass is 127. The molecule has 1 aromatic carbocycles. The van der Waals surface area contributed by atoms with Gasteiger partial charge in [-0.25, -0.2) is 0 Å². The highest BCUT2D eigenvalue weighted by Crippen LogP contribution is 2.26. The quantitative estimate of drug-likeness (QED) is 0.347. The molecule has 0 amide bonds. The van der Waals surface area contributed by atoms with Gasteiger partial charge >= 0.3 is 0 Å². The molecule has 1 aromatic rings. The second kappa shape index (κ2) is 11.2. The topological polar surface area (TPSA) is 52.1 Å². The normalized spacial score (nSPS) is 25.2. The van der Waals surface area contributed by atoms with Crippen molar-refractivity contribution < 1.29 is 4.74 Å².